The van der Waals surface area contributed by atoms with Crippen LogP contribution >= 0.6 is 15.9 Å². The summed E-state index contributed by atoms with van der Waals surface area (Å²) in [4.78, 5) is 3.92. The molecule has 4 nitrogen and oxygen atoms in total. The van der Waals surface area contributed by atoms with E-state index in [0.717, 1.165) is 5.56 Å². The molecule has 0 saturated heterocycles. The van der Waals surface area contributed by atoms with Crippen LogP contribution in [0.3, 0.4) is 0 Å². The van der Waals surface area contributed by atoms with Gasteiger partial charge in [0.1, 0.15) is 10.7 Å². The van der Waals surface area contributed by atoms with E-state index < -0.39 is 10.0 Å². The summed E-state index contributed by atoms with van der Waals surface area (Å²) in [6.45, 7) is 0.237. The van der Waals surface area contributed by atoms with Gasteiger partial charge in [-0.15, -0.1) is 0 Å². The third-order valence-electron chi connectivity index (χ3n) is 2.61. The maximum absolute atomic E-state index is 12.7. The Balaban J connectivity index is 1.98. The van der Waals surface area contributed by atoms with Gasteiger partial charge in [0, 0.05) is 23.4 Å². The molecule has 0 spiro atoms. The number of pyridine rings is 1. The second-order valence-corrected chi connectivity index (χ2v) is 6.80. The Morgan fingerprint density at radius 3 is 2.55 bits per heavy atom. The molecule has 0 aliphatic rings. The van der Waals surface area contributed by atoms with Crippen LogP contribution in [0.25, 0.3) is 0 Å². The Labute approximate surface area is 125 Å². The van der Waals surface area contributed by atoms with E-state index in [1.807, 2.05) is 0 Å². The molecule has 2 aromatic rings. The van der Waals surface area contributed by atoms with Crippen LogP contribution < -0.4 is 4.72 Å². The first-order valence-electron chi connectivity index (χ1n) is 5.82. The molecule has 0 unspecified atom stereocenters. The number of halogens is 2. The van der Waals surface area contributed by atoms with Gasteiger partial charge in [-0.05, 0) is 46.1 Å². The third-order valence-corrected chi connectivity index (χ3v) is 4.47. The maximum atomic E-state index is 12.7. The molecule has 0 saturated carbocycles. The van der Waals surface area contributed by atoms with Crippen molar-refractivity contribution >= 4 is 26.0 Å². The van der Waals surface area contributed by atoms with Crippen LogP contribution in [0, 0.1) is 5.82 Å². The summed E-state index contributed by atoms with van der Waals surface area (Å²) < 4.78 is 39.8. The van der Waals surface area contributed by atoms with Crippen LogP contribution in [0.1, 0.15) is 5.56 Å². The molecular formula is C13H12BrFN2O2S. The number of nitrogens with one attached hydrogen (secondary N) is 1. The van der Waals surface area contributed by atoms with Gasteiger partial charge in [-0.3, -0.25) is 4.98 Å². The Hall–Kier alpha value is -1.31. The fourth-order valence-corrected chi connectivity index (χ4v) is 3.14. The minimum atomic E-state index is -3.58. The zero-order valence-corrected chi connectivity index (χ0v) is 12.8. The Morgan fingerprint density at radius 1 is 1.20 bits per heavy atom. The first-order valence-corrected chi connectivity index (χ1v) is 8.10. The lowest BCUT2D eigenvalue weighted by Gasteiger charge is -2.07. The van der Waals surface area contributed by atoms with E-state index in [4.69, 9.17) is 0 Å². The topological polar surface area (TPSA) is 59.1 Å². The molecule has 0 aliphatic heterocycles. The molecule has 20 heavy (non-hydrogen) atoms. The van der Waals surface area contributed by atoms with E-state index in [1.165, 1.54) is 30.6 Å². The Morgan fingerprint density at radius 2 is 1.90 bits per heavy atom. The van der Waals surface area contributed by atoms with Crippen molar-refractivity contribution in [1.29, 1.82) is 0 Å². The van der Waals surface area contributed by atoms with Gasteiger partial charge in [-0.1, -0.05) is 12.1 Å². The van der Waals surface area contributed by atoms with Crippen molar-refractivity contribution in [2.75, 3.05) is 6.54 Å². The average molecular weight is 359 g/mol. The summed E-state index contributed by atoms with van der Waals surface area (Å²) in [6.07, 6.45) is 3.28. The summed E-state index contributed by atoms with van der Waals surface area (Å²) in [5, 5.41) is 0. The summed E-state index contributed by atoms with van der Waals surface area (Å²) in [7, 11) is -3.58. The lowest BCUT2D eigenvalue weighted by molar-refractivity contribution is 0.581. The monoisotopic (exact) mass is 358 g/mol. The number of hydrogen-bond donors (Lipinski definition) is 1. The lowest BCUT2D eigenvalue weighted by atomic mass is 10.1. The van der Waals surface area contributed by atoms with Crippen LogP contribution in [0.15, 0.2) is 52.1 Å². The molecule has 1 heterocycles. The van der Waals surface area contributed by atoms with Gasteiger partial charge in [-0.25, -0.2) is 17.5 Å². The standard InChI is InChI=1S/C13H12BrFN2O2S/c14-11-7-13(9-16-8-11)20(18,19)17-6-5-10-1-3-12(15)4-2-10/h1-4,7-9,17H,5-6H2. The first kappa shape index (κ1) is 15.1. The predicted octanol–water partition coefficient (Wildman–Crippen LogP) is 2.50. The molecule has 0 bridgehead atoms. The van der Waals surface area contributed by atoms with Gasteiger partial charge >= 0.3 is 0 Å². The van der Waals surface area contributed by atoms with Crippen LogP contribution in [0.4, 0.5) is 4.39 Å². The highest BCUT2D eigenvalue weighted by Crippen LogP contribution is 2.14. The third kappa shape index (κ3) is 4.09. The molecule has 106 valence electrons. The number of sulfonamides is 1. The number of nitrogens with zero attached hydrogens (tertiary/aromatic N) is 1. The zero-order valence-electron chi connectivity index (χ0n) is 10.4. The van der Waals surface area contributed by atoms with E-state index in [0.29, 0.717) is 10.9 Å². The molecule has 7 heteroatoms. The largest absolute Gasteiger partial charge is 0.262 e. The summed E-state index contributed by atoms with van der Waals surface area (Å²) >= 11 is 3.18. The average Bonchev–Trinajstić information content (AvgIpc) is 2.41. The van der Waals surface area contributed by atoms with Gasteiger partial charge in [0.2, 0.25) is 10.0 Å². The minimum Gasteiger partial charge on any atom is -0.262 e. The molecule has 1 N–H and O–H groups in total. The molecule has 1 aromatic heterocycles. The van der Waals surface area contributed by atoms with Gasteiger partial charge in [-0.2, -0.15) is 0 Å². The lowest BCUT2D eigenvalue weighted by Crippen LogP contribution is -2.26. The SMILES string of the molecule is O=S(=O)(NCCc1ccc(F)cc1)c1cncc(Br)c1. The highest BCUT2D eigenvalue weighted by molar-refractivity contribution is 9.10. The summed E-state index contributed by atoms with van der Waals surface area (Å²) in [6, 6.07) is 7.44. The van der Waals surface area contributed by atoms with Crippen molar-refractivity contribution in [3.05, 3.63) is 58.6 Å². The van der Waals surface area contributed by atoms with Crippen molar-refractivity contribution in [2.45, 2.75) is 11.3 Å². The smallest absolute Gasteiger partial charge is 0.242 e. The Kier molecular flexibility index (Phi) is 4.85. The van der Waals surface area contributed by atoms with E-state index in [-0.39, 0.29) is 17.3 Å². The van der Waals surface area contributed by atoms with E-state index in [9.17, 15) is 12.8 Å². The molecule has 0 radical (unpaired) electrons. The first-order chi connectivity index (χ1) is 9.47. The quantitative estimate of drug-likeness (QED) is 0.893. The van der Waals surface area contributed by atoms with Crippen molar-refractivity contribution in [3.63, 3.8) is 0 Å². The number of aromatic nitrogens is 1. The van der Waals surface area contributed by atoms with Gasteiger partial charge < -0.3 is 0 Å². The second kappa shape index (κ2) is 6.43. The van der Waals surface area contributed by atoms with Crippen LogP contribution in [0.2, 0.25) is 0 Å². The number of hydrogen-bond acceptors (Lipinski definition) is 3. The maximum Gasteiger partial charge on any atom is 0.242 e. The fraction of sp³-hybridized carbons (Fsp3) is 0.154. The van der Waals surface area contributed by atoms with Gasteiger partial charge in [0.05, 0.1) is 0 Å². The molecule has 0 aliphatic carbocycles. The molecule has 0 amide bonds. The van der Waals surface area contributed by atoms with Crippen molar-refractivity contribution in [3.8, 4) is 0 Å². The normalized spacial score (nSPS) is 11.5. The van der Waals surface area contributed by atoms with Crippen molar-refractivity contribution in [1.82, 2.24) is 9.71 Å². The number of rotatable bonds is 5. The van der Waals surface area contributed by atoms with E-state index in [1.54, 1.807) is 12.1 Å². The van der Waals surface area contributed by atoms with Crippen molar-refractivity contribution in [2.24, 2.45) is 0 Å². The van der Waals surface area contributed by atoms with E-state index >= 15 is 0 Å². The minimum absolute atomic E-state index is 0.103. The summed E-state index contributed by atoms with van der Waals surface area (Å²) in [5.74, 6) is -0.311. The Bertz CT molecular complexity index is 690. The molecular weight excluding hydrogens is 347 g/mol. The highest BCUT2D eigenvalue weighted by atomic mass is 79.9. The molecule has 2 rings (SSSR count). The second-order valence-electron chi connectivity index (χ2n) is 4.11. The van der Waals surface area contributed by atoms with Gasteiger partial charge in [0.15, 0.2) is 0 Å². The molecule has 0 atom stereocenters. The van der Waals surface area contributed by atoms with Gasteiger partial charge in [0.25, 0.3) is 0 Å². The van der Waals surface area contributed by atoms with Crippen LogP contribution in [0.5, 0.6) is 0 Å². The van der Waals surface area contributed by atoms with E-state index in [2.05, 4.69) is 25.6 Å². The predicted molar refractivity (Wildman–Crippen MR) is 77.2 cm³/mol. The highest BCUT2D eigenvalue weighted by Gasteiger charge is 2.13. The van der Waals surface area contributed by atoms with Crippen LogP contribution in [-0.2, 0) is 16.4 Å². The van der Waals surface area contributed by atoms with Crippen molar-refractivity contribution < 1.29 is 12.8 Å². The fourth-order valence-electron chi connectivity index (χ4n) is 1.60. The van der Waals surface area contributed by atoms with Crippen LogP contribution in [-0.4, -0.2) is 19.9 Å². The zero-order chi connectivity index (χ0) is 14.6. The molecule has 0 fully saturated rings. The number of benzene rings is 1. The molecule has 1 aromatic carbocycles. The summed E-state index contributed by atoms with van der Waals surface area (Å²) in [5.41, 5.74) is 0.862.